The van der Waals surface area contributed by atoms with Crippen LogP contribution in [0.15, 0.2) is 27.7 Å². The number of halogens is 2. The van der Waals surface area contributed by atoms with Crippen molar-refractivity contribution in [2.45, 2.75) is 46.1 Å². The highest BCUT2D eigenvalue weighted by atomic mass is 127. The summed E-state index contributed by atoms with van der Waals surface area (Å²) in [6.07, 6.45) is 2.86. The van der Waals surface area contributed by atoms with Gasteiger partial charge in [0.2, 0.25) is 5.91 Å². The Balaban J connectivity index is 0.00000392. The molecule has 2 rings (SSSR count). The highest BCUT2D eigenvalue weighted by Crippen LogP contribution is 2.20. The number of likely N-dealkylation sites (tertiary alicyclic amines) is 1. The van der Waals surface area contributed by atoms with E-state index in [2.05, 4.69) is 43.7 Å². The number of guanidine groups is 1. The number of aryl methyl sites for hydroxylation is 1. The van der Waals surface area contributed by atoms with E-state index in [1.165, 1.54) is 19.4 Å². The zero-order chi connectivity index (χ0) is 19.6. The van der Waals surface area contributed by atoms with Crippen LogP contribution in [0.25, 0.3) is 0 Å². The van der Waals surface area contributed by atoms with Crippen LogP contribution in [0.1, 0.15) is 38.7 Å². The third kappa shape index (κ3) is 8.24. The van der Waals surface area contributed by atoms with Crippen LogP contribution in [0.2, 0.25) is 0 Å². The summed E-state index contributed by atoms with van der Waals surface area (Å²) in [7, 11) is 0. The summed E-state index contributed by atoms with van der Waals surface area (Å²) < 4.78 is 1.01. The Hall–Kier alpha value is -0.870. The molecule has 1 fully saturated rings. The van der Waals surface area contributed by atoms with Gasteiger partial charge in [-0.25, -0.2) is 0 Å². The van der Waals surface area contributed by atoms with Gasteiger partial charge in [0.1, 0.15) is 0 Å². The van der Waals surface area contributed by atoms with E-state index in [1.54, 1.807) is 0 Å². The average Bonchev–Trinajstić information content (AvgIpc) is 3.09. The molecule has 3 N–H and O–H groups in total. The fourth-order valence-corrected chi connectivity index (χ4v) is 3.81. The molecule has 0 radical (unpaired) electrons. The molecule has 1 saturated heterocycles. The van der Waals surface area contributed by atoms with Crippen molar-refractivity contribution in [2.75, 3.05) is 38.0 Å². The second kappa shape index (κ2) is 13.4. The van der Waals surface area contributed by atoms with Crippen LogP contribution in [-0.4, -0.2) is 55.5 Å². The maximum atomic E-state index is 12.2. The number of rotatable bonds is 8. The summed E-state index contributed by atoms with van der Waals surface area (Å²) in [6.45, 7) is 10.7. The summed E-state index contributed by atoms with van der Waals surface area (Å²) in [6, 6.07) is 6.37. The minimum Gasteiger partial charge on any atom is -0.357 e. The smallest absolute Gasteiger partial charge is 0.226 e. The lowest BCUT2D eigenvalue weighted by molar-refractivity contribution is -0.116. The van der Waals surface area contributed by atoms with Crippen LogP contribution in [0, 0.1) is 6.92 Å². The Morgan fingerprint density at radius 2 is 2.11 bits per heavy atom. The zero-order valence-electron chi connectivity index (χ0n) is 17.1. The molecule has 1 aliphatic heterocycles. The number of benzene rings is 1. The van der Waals surface area contributed by atoms with E-state index >= 15 is 0 Å². The van der Waals surface area contributed by atoms with Gasteiger partial charge in [-0.05, 0) is 63.5 Å². The molecular weight excluding hydrogens is 533 g/mol. The Morgan fingerprint density at radius 3 is 2.79 bits per heavy atom. The zero-order valence-corrected chi connectivity index (χ0v) is 21.0. The van der Waals surface area contributed by atoms with E-state index in [9.17, 15) is 4.79 Å². The van der Waals surface area contributed by atoms with Gasteiger partial charge >= 0.3 is 0 Å². The molecule has 1 unspecified atom stereocenters. The molecule has 0 bridgehead atoms. The lowest BCUT2D eigenvalue weighted by Crippen LogP contribution is -2.40. The number of aliphatic imine (C=N–C) groups is 1. The highest BCUT2D eigenvalue weighted by molar-refractivity contribution is 14.0. The minimum absolute atomic E-state index is 0. The number of carbonyl (C=O) groups is 1. The minimum atomic E-state index is -0.00304. The SMILES string of the molecule is CCNC(=NCC1CCCN1CC)NCCC(=O)Nc1ccc(Br)cc1C.I. The lowest BCUT2D eigenvalue weighted by atomic mass is 10.2. The molecule has 1 atom stereocenters. The van der Waals surface area contributed by atoms with Crippen molar-refractivity contribution in [1.29, 1.82) is 0 Å². The molecule has 28 heavy (non-hydrogen) atoms. The molecule has 6 nitrogen and oxygen atoms in total. The fraction of sp³-hybridized carbons (Fsp3) is 0.600. The second-order valence-corrected chi connectivity index (χ2v) is 7.74. The van der Waals surface area contributed by atoms with Crippen LogP contribution in [0.3, 0.4) is 0 Å². The lowest BCUT2D eigenvalue weighted by Gasteiger charge is -2.21. The molecule has 158 valence electrons. The van der Waals surface area contributed by atoms with E-state index in [0.717, 1.165) is 41.3 Å². The molecule has 1 amide bonds. The van der Waals surface area contributed by atoms with Crippen LogP contribution < -0.4 is 16.0 Å². The second-order valence-electron chi connectivity index (χ2n) is 6.83. The number of hydrogen-bond donors (Lipinski definition) is 3. The van der Waals surface area contributed by atoms with Gasteiger partial charge < -0.3 is 16.0 Å². The number of likely N-dealkylation sites (N-methyl/N-ethyl adjacent to an activating group) is 1. The first-order valence-corrected chi connectivity index (χ1v) is 10.6. The van der Waals surface area contributed by atoms with E-state index in [-0.39, 0.29) is 29.9 Å². The van der Waals surface area contributed by atoms with Crippen molar-refractivity contribution in [3.05, 3.63) is 28.2 Å². The number of hydrogen-bond acceptors (Lipinski definition) is 3. The van der Waals surface area contributed by atoms with Gasteiger partial charge in [0, 0.05) is 35.7 Å². The number of nitrogens with zero attached hydrogens (tertiary/aromatic N) is 2. The molecule has 1 heterocycles. The Morgan fingerprint density at radius 1 is 1.32 bits per heavy atom. The first kappa shape index (κ1) is 25.2. The van der Waals surface area contributed by atoms with Crippen molar-refractivity contribution >= 4 is 57.5 Å². The van der Waals surface area contributed by atoms with E-state index in [0.29, 0.717) is 19.0 Å². The topological polar surface area (TPSA) is 68.8 Å². The third-order valence-corrected chi connectivity index (χ3v) is 5.31. The predicted molar refractivity (Wildman–Crippen MR) is 132 cm³/mol. The number of amides is 1. The summed E-state index contributed by atoms with van der Waals surface area (Å²) in [5, 5.41) is 9.50. The Labute approximate surface area is 194 Å². The molecule has 1 aliphatic rings. The van der Waals surface area contributed by atoms with Crippen molar-refractivity contribution in [1.82, 2.24) is 15.5 Å². The predicted octanol–water partition coefficient (Wildman–Crippen LogP) is 3.74. The molecule has 0 spiro atoms. The normalized spacial score (nSPS) is 17.1. The summed E-state index contributed by atoms with van der Waals surface area (Å²) in [5.74, 6) is 0.782. The maximum absolute atomic E-state index is 12.2. The van der Waals surface area contributed by atoms with Gasteiger partial charge in [-0.2, -0.15) is 0 Å². The molecule has 8 heteroatoms. The largest absolute Gasteiger partial charge is 0.357 e. The average molecular weight is 566 g/mol. The van der Waals surface area contributed by atoms with Crippen molar-refractivity contribution in [2.24, 2.45) is 4.99 Å². The van der Waals surface area contributed by atoms with Gasteiger partial charge in [-0.15, -0.1) is 24.0 Å². The van der Waals surface area contributed by atoms with E-state index in [4.69, 9.17) is 4.99 Å². The van der Waals surface area contributed by atoms with Gasteiger partial charge in [-0.1, -0.05) is 22.9 Å². The fourth-order valence-electron chi connectivity index (χ4n) is 3.33. The molecule has 0 aliphatic carbocycles. The van der Waals surface area contributed by atoms with E-state index < -0.39 is 0 Å². The van der Waals surface area contributed by atoms with Crippen LogP contribution in [0.5, 0.6) is 0 Å². The van der Waals surface area contributed by atoms with Gasteiger partial charge in [0.05, 0.1) is 6.54 Å². The summed E-state index contributed by atoms with van der Waals surface area (Å²) >= 11 is 3.44. The Bertz CT molecular complexity index is 655. The number of nitrogens with one attached hydrogen (secondary N) is 3. The van der Waals surface area contributed by atoms with Gasteiger partial charge in [0.15, 0.2) is 5.96 Å². The summed E-state index contributed by atoms with van der Waals surface area (Å²) in [5.41, 5.74) is 1.89. The quantitative estimate of drug-likeness (QED) is 0.255. The molecule has 1 aromatic rings. The van der Waals surface area contributed by atoms with Gasteiger partial charge in [0.25, 0.3) is 0 Å². The standard InChI is InChI=1S/C20H32BrN5O.HI/c1-4-22-20(24-14-17-7-6-12-26(17)5-2)23-11-10-19(27)25-18-9-8-16(21)13-15(18)3;/h8-9,13,17H,4-7,10-12,14H2,1-3H3,(H,25,27)(H2,22,23,24);1H. The molecule has 1 aromatic carbocycles. The number of carbonyl (C=O) groups excluding carboxylic acids is 1. The van der Waals surface area contributed by atoms with Crippen molar-refractivity contribution in [3.63, 3.8) is 0 Å². The van der Waals surface area contributed by atoms with Crippen molar-refractivity contribution < 1.29 is 4.79 Å². The monoisotopic (exact) mass is 565 g/mol. The van der Waals surface area contributed by atoms with Crippen LogP contribution >= 0.6 is 39.9 Å². The number of anilines is 1. The molecule has 0 aromatic heterocycles. The third-order valence-electron chi connectivity index (χ3n) is 4.82. The van der Waals surface area contributed by atoms with Crippen molar-refractivity contribution in [3.8, 4) is 0 Å². The van der Waals surface area contributed by atoms with Gasteiger partial charge in [-0.3, -0.25) is 14.7 Å². The first-order chi connectivity index (χ1) is 13.0. The maximum Gasteiger partial charge on any atom is 0.226 e. The Kier molecular flexibility index (Phi) is 12.0. The van der Waals surface area contributed by atoms with E-state index in [1.807, 2.05) is 32.0 Å². The molecular formula is C20H33BrIN5O. The molecule has 0 saturated carbocycles. The van der Waals surface area contributed by atoms with Crippen LogP contribution in [0.4, 0.5) is 5.69 Å². The highest BCUT2D eigenvalue weighted by Gasteiger charge is 2.22. The van der Waals surface area contributed by atoms with Crippen LogP contribution in [-0.2, 0) is 4.79 Å². The summed E-state index contributed by atoms with van der Waals surface area (Å²) in [4.78, 5) is 19.4. The first-order valence-electron chi connectivity index (χ1n) is 9.85.